The zero-order valence-electron chi connectivity index (χ0n) is 26.7. The van der Waals surface area contributed by atoms with Crippen molar-refractivity contribution in [2.45, 2.75) is 119 Å². The molecule has 7 heteroatoms. The van der Waals surface area contributed by atoms with E-state index in [1.54, 1.807) is 6.20 Å². The number of fused-ring (bicyclic) bond motifs is 2. The highest BCUT2D eigenvalue weighted by Gasteiger charge is 2.44. The summed E-state index contributed by atoms with van der Waals surface area (Å²) in [6.45, 7) is 25.5. The largest absolute Gasteiger partial charge is 0.493 e. The molecule has 5 rings (SSSR count). The van der Waals surface area contributed by atoms with Gasteiger partial charge in [0.15, 0.2) is 0 Å². The van der Waals surface area contributed by atoms with Crippen molar-refractivity contribution in [1.82, 2.24) is 24.6 Å². The van der Waals surface area contributed by atoms with Gasteiger partial charge >= 0.3 is 0 Å². The zero-order valence-corrected chi connectivity index (χ0v) is 26.7. The Morgan fingerprint density at radius 3 is 2.17 bits per heavy atom. The van der Waals surface area contributed by atoms with Gasteiger partial charge in [0.25, 0.3) is 0 Å². The summed E-state index contributed by atoms with van der Waals surface area (Å²) in [5, 5.41) is 19.1. The lowest BCUT2D eigenvalue weighted by molar-refractivity contribution is -0.117. The van der Waals surface area contributed by atoms with E-state index < -0.39 is 0 Å². The normalized spacial score (nSPS) is 17.1. The highest BCUT2D eigenvalue weighted by molar-refractivity contribution is 5.84. The van der Waals surface area contributed by atoms with Crippen molar-refractivity contribution < 1.29 is 9.84 Å². The molecule has 1 fully saturated rings. The number of aliphatic hydroxyl groups is 1. The van der Waals surface area contributed by atoms with E-state index >= 15 is 0 Å². The molecule has 0 bridgehead atoms. The first-order valence-electron chi connectivity index (χ1n) is 14.8. The Balaban J connectivity index is 0.000000173. The molecule has 0 saturated heterocycles. The standard InChI is InChI=1S/C15H19NO.C10H18N4.C8H16O/c1-15(2,3)9-11-17-14-8-4-7-13-12(14)6-5-10-16-13;1-8-11-12-9-7-13(10(2,3)4)5-6-14(8)9;1-7(2,3)8(9)5-4-6-8/h4-8,10H,9,11H2,1-3H3;5-7H2,1-4H3;9H,4-6H2,1-3H3. The number of benzene rings is 1. The Hall–Kier alpha value is -2.51. The third kappa shape index (κ3) is 8.50. The molecule has 3 heterocycles. The first-order chi connectivity index (χ1) is 18.5. The van der Waals surface area contributed by atoms with Crippen LogP contribution in [0.3, 0.4) is 0 Å². The van der Waals surface area contributed by atoms with Gasteiger partial charge in [0.05, 0.1) is 24.3 Å². The summed E-state index contributed by atoms with van der Waals surface area (Å²) in [5.74, 6) is 3.07. The van der Waals surface area contributed by atoms with E-state index in [0.29, 0.717) is 5.41 Å². The summed E-state index contributed by atoms with van der Waals surface area (Å²) in [5.41, 5.74) is 1.27. The van der Waals surface area contributed by atoms with Crippen molar-refractivity contribution in [2.75, 3.05) is 13.2 Å². The highest BCUT2D eigenvalue weighted by Crippen LogP contribution is 2.45. The van der Waals surface area contributed by atoms with Crippen LogP contribution in [-0.2, 0) is 13.1 Å². The van der Waals surface area contributed by atoms with Gasteiger partial charge in [-0.1, -0.05) is 47.6 Å². The number of aromatic nitrogens is 4. The summed E-state index contributed by atoms with van der Waals surface area (Å²) in [4.78, 5) is 6.76. The maximum atomic E-state index is 9.75. The molecule has 1 saturated carbocycles. The number of aryl methyl sites for hydroxylation is 1. The van der Waals surface area contributed by atoms with E-state index in [0.717, 1.165) is 73.8 Å². The number of nitrogens with zero attached hydrogens (tertiary/aromatic N) is 5. The molecule has 2 aliphatic rings. The predicted octanol–water partition coefficient (Wildman–Crippen LogP) is 7.20. The van der Waals surface area contributed by atoms with Crippen molar-refractivity contribution >= 4 is 10.9 Å². The number of ether oxygens (including phenoxy) is 1. The van der Waals surface area contributed by atoms with E-state index in [9.17, 15) is 5.11 Å². The molecule has 1 aromatic carbocycles. The van der Waals surface area contributed by atoms with Crippen molar-refractivity contribution in [3.8, 4) is 5.75 Å². The Labute approximate surface area is 242 Å². The lowest BCUT2D eigenvalue weighted by Crippen LogP contribution is -2.48. The summed E-state index contributed by atoms with van der Waals surface area (Å²) in [6.07, 6.45) is 6.05. The van der Waals surface area contributed by atoms with Crippen molar-refractivity contribution in [3.05, 3.63) is 48.2 Å². The van der Waals surface area contributed by atoms with E-state index in [-0.39, 0.29) is 16.6 Å². The van der Waals surface area contributed by atoms with Gasteiger partial charge in [-0.15, -0.1) is 10.2 Å². The second-order valence-corrected chi connectivity index (χ2v) is 14.5. The monoisotopic (exact) mass is 551 g/mol. The fourth-order valence-electron chi connectivity index (χ4n) is 4.81. The fraction of sp³-hybridized carbons (Fsp3) is 0.667. The topological polar surface area (TPSA) is 76.3 Å². The lowest BCUT2D eigenvalue weighted by atomic mass is 9.64. The van der Waals surface area contributed by atoms with Gasteiger partial charge in [0.2, 0.25) is 0 Å². The molecule has 0 unspecified atom stereocenters. The maximum absolute atomic E-state index is 9.75. The molecule has 1 aliphatic heterocycles. The van der Waals surface area contributed by atoms with Gasteiger partial charge in [0, 0.05) is 30.2 Å². The first-order valence-corrected chi connectivity index (χ1v) is 14.8. The molecule has 7 nitrogen and oxygen atoms in total. The van der Waals surface area contributed by atoms with Crippen molar-refractivity contribution in [1.29, 1.82) is 0 Å². The third-order valence-electron chi connectivity index (χ3n) is 8.18. The van der Waals surface area contributed by atoms with E-state index in [1.807, 2.05) is 31.2 Å². The molecule has 0 atom stereocenters. The molecule has 40 heavy (non-hydrogen) atoms. The maximum Gasteiger partial charge on any atom is 0.147 e. The summed E-state index contributed by atoms with van der Waals surface area (Å²) < 4.78 is 8.07. The SMILES string of the molecule is CC(C)(C)C1(O)CCC1.CC(C)(C)CCOc1cccc2ncccc12.Cc1nnc2n1CCN(C(C)(C)C)C2. The summed E-state index contributed by atoms with van der Waals surface area (Å²) in [7, 11) is 0. The van der Waals surface area contributed by atoms with Crippen LogP contribution in [0.4, 0.5) is 0 Å². The minimum atomic E-state index is -0.340. The van der Waals surface area contributed by atoms with Crippen LogP contribution in [0.5, 0.6) is 5.75 Å². The minimum absolute atomic E-state index is 0.0885. The van der Waals surface area contributed by atoms with Crippen LogP contribution >= 0.6 is 0 Å². The number of rotatable bonds is 3. The third-order valence-corrected chi connectivity index (χ3v) is 8.18. The number of pyridine rings is 1. The second kappa shape index (κ2) is 12.6. The molecule has 1 N–H and O–H groups in total. The molecule has 3 aromatic rings. The molecule has 222 valence electrons. The number of hydrogen-bond donors (Lipinski definition) is 1. The second-order valence-electron chi connectivity index (χ2n) is 14.5. The molecule has 0 amide bonds. The van der Waals surface area contributed by atoms with Gasteiger partial charge in [-0.3, -0.25) is 9.88 Å². The molecule has 2 aromatic heterocycles. The molecule has 0 radical (unpaired) electrons. The number of hydrogen-bond acceptors (Lipinski definition) is 6. The predicted molar refractivity (Wildman–Crippen MR) is 164 cm³/mol. The van der Waals surface area contributed by atoms with Crippen LogP contribution in [0.2, 0.25) is 0 Å². The van der Waals surface area contributed by atoms with Crippen LogP contribution < -0.4 is 4.74 Å². The summed E-state index contributed by atoms with van der Waals surface area (Å²) >= 11 is 0. The lowest BCUT2D eigenvalue weighted by Gasteiger charge is -2.47. The van der Waals surface area contributed by atoms with Gasteiger partial charge < -0.3 is 14.4 Å². The zero-order chi connectivity index (χ0) is 29.8. The summed E-state index contributed by atoms with van der Waals surface area (Å²) in [6, 6.07) is 9.99. The van der Waals surface area contributed by atoms with E-state index in [2.05, 4.69) is 93.0 Å². The molecule has 1 aliphatic carbocycles. The average Bonchev–Trinajstić information content (AvgIpc) is 3.22. The van der Waals surface area contributed by atoms with Gasteiger partial charge in [-0.2, -0.15) is 0 Å². The van der Waals surface area contributed by atoms with Crippen LogP contribution in [0.25, 0.3) is 10.9 Å². The van der Waals surface area contributed by atoms with Gasteiger partial charge in [0.1, 0.15) is 17.4 Å². The Bertz CT molecular complexity index is 1220. The average molecular weight is 552 g/mol. The quantitative estimate of drug-likeness (QED) is 0.371. The Morgan fingerprint density at radius 2 is 1.62 bits per heavy atom. The molecular weight excluding hydrogens is 498 g/mol. The van der Waals surface area contributed by atoms with Gasteiger partial charge in [-0.05, 0) is 88.5 Å². The molecular formula is C33H53N5O2. The van der Waals surface area contributed by atoms with E-state index in [1.165, 1.54) is 6.42 Å². The molecule has 0 spiro atoms. The Morgan fingerprint density at radius 1 is 0.925 bits per heavy atom. The Kier molecular flexibility index (Phi) is 10.1. The van der Waals surface area contributed by atoms with Crippen LogP contribution in [0.1, 0.15) is 99.6 Å². The van der Waals surface area contributed by atoms with Crippen LogP contribution in [0, 0.1) is 17.8 Å². The van der Waals surface area contributed by atoms with Crippen LogP contribution in [0.15, 0.2) is 36.5 Å². The van der Waals surface area contributed by atoms with Crippen LogP contribution in [-0.4, -0.2) is 54.0 Å². The van der Waals surface area contributed by atoms with E-state index in [4.69, 9.17) is 4.74 Å². The van der Waals surface area contributed by atoms with Crippen molar-refractivity contribution in [2.24, 2.45) is 10.8 Å². The highest BCUT2D eigenvalue weighted by atomic mass is 16.5. The van der Waals surface area contributed by atoms with Crippen molar-refractivity contribution in [3.63, 3.8) is 0 Å². The first kappa shape index (κ1) is 32.0. The smallest absolute Gasteiger partial charge is 0.147 e. The van der Waals surface area contributed by atoms with Gasteiger partial charge in [-0.25, -0.2) is 0 Å². The fourth-order valence-corrected chi connectivity index (χ4v) is 4.81. The minimum Gasteiger partial charge on any atom is -0.493 e.